The van der Waals surface area contributed by atoms with E-state index < -0.39 is 13.8 Å². The van der Waals surface area contributed by atoms with Gasteiger partial charge in [0.1, 0.15) is 0 Å². The minimum absolute atomic E-state index is 0.0858. The normalized spacial score (nSPS) is 15.2. The van der Waals surface area contributed by atoms with Gasteiger partial charge in [-0.1, -0.05) is 33.9 Å². The first-order chi connectivity index (χ1) is 7.21. The lowest BCUT2D eigenvalue weighted by Gasteiger charge is -2.40. The van der Waals surface area contributed by atoms with Crippen LogP contribution in [0, 0.1) is 0 Å². The molecule has 0 radical (unpaired) electrons. The minimum Gasteiger partial charge on any atom is -0.472 e. The summed E-state index contributed by atoms with van der Waals surface area (Å²) < 4.78 is 5.07. The van der Waals surface area contributed by atoms with Crippen LogP contribution in [0.5, 0.6) is 0 Å². The van der Waals surface area contributed by atoms with Crippen molar-refractivity contribution >= 4 is 8.07 Å². The molecule has 1 aromatic rings. The number of aliphatic hydroxyl groups excluding tert-OH is 2. The summed E-state index contributed by atoms with van der Waals surface area (Å²) in [6.07, 6.45) is 3.06. The number of rotatable bonds is 3. The first-order valence-corrected chi connectivity index (χ1v) is 8.63. The Morgan fingerprint density at radius 1 is 1.31 bits per heavy atom. The molecule has 1 aromatic heterocycles. The van der Waals surface area contributed by atoms with Crippen LogP contribution in [-0.2, 0) is 6.61 Å². The highest BCUT2D eigenvalue weighted by Crippen LogP contribution is 2.44. The van der Waals surface area contributed by atoms with Gasteiger partial charge in [-0.2, -0.15) is 0 Å². The maximum atomic E-state index is 10.5. The summed E-state index contributed by atoms with van der Waals surface area (Å²) in [4.78, 5) is 0. The van der Waals surface area contributed by atoms with Gasteiger partial charge in [0, 0.05) is 11.1 Å². The smallest absolute Gasteiger partial charge is 0.0961 e. The monoisotopic (exact) mass is 242 g/mol. The fraction of sp³-hybridized carbons (Fsp3) is 0.667. The molecule has 0 bridgehead atoms. The molecule has 1 unspecified atom stereocenters. The van der Waals surface area contributed by atoms with Crippen molar-refractivity contribution in [3.05, 3.63) is 23.7 Å². The van der Waals surface area contributed by atoms with E-state index in [1.165, 1.54) is 6.26 Å². The van der Waals surface area contributed by atoms with Gasteiger partial charge >= 0.3 is 0 Å². The van der Waals surface area contributed by atoms with E-state index in [0.29, 0.717) is 5.56 Å². The maximum absolute atomic E-state index is 10.5. The molecule has 0 amide bonds. The maximum Gasteiger partial charge on any atom is 0.0961 e. The molecule has 0 spiro atoms. The summed E-state index contributed by atoms with van der Waals surface area (Å²) in [6, 6.07) is 0. The lowest BCUT2D eigenvalue weighted by Crippen LogP contribution is -2.44. The van der Waals surface area contributed by atoms with Crippen molar-refractivity contribution in [3.63, 3.8) is 0 Å². The van der Waals surface area contributed by atoms with E-state index in [0.717, 1.165) is 5.56 Å². The zero-order chi connectivity index (χ0) is 12.6. The Morgan fingerprint density at radius 2 is 1.88 bits per heavy atom. The number of aliphatic hydroxyl groups is 2. The summed E-state index contributed by atoms with van der Waals surface area (Å²) in [5, 5.41) is 19.7. The number of furan rings is 1. The molecule has 0 fully saturated rings. The zero-order valence-electron chi connectivity index (χ0n) is 10.7. The molecule has 0 aliphatic carbocycles. The van der Waals surface area contributed by atoms with Crippen molar-refractivity contribution in [1.82, 2.24) is 0 Å². The highest BCUT2D eigenvalue weighted by Gasteiger charge is 2.43. The summed E-state index contributed by atoms with van der Waals surface area (Å²) in [5.41, 5.74) is 0.930. The molecule has 0 saturated carbocycles. The van der Waals surface area contributed by atoms with Gasteiger partial charge in [-0.05, 0) is 5.04 Å². The van der Waals surface area contributed by atoms with Crippen molar-refractivity contribution in [2.24, 2.45) is 0 Å². The third-order valence-electron chi connectivity index (χ3n) is 3.86. The summed E-state index contributed by atoms with van der Waals surface area (Å²) in [6.45, 7) is 10.7. The molecule has 92 valence electrons. The standard InChI is InChI=1S/C12H22O3Si/c1-12(2,3)16(4,5)11(14)10-8-15-7-9(10)6-13/h7-8,11,13-14H,6H2,1-5H3. The highest BCUT2D eigenvalue weighted by atomic mass is 28.3. The second-order valence-corrected chi connectivity index (χ2v) is 11.4. The Bertz CT molecular complexity index is 349. The van der Waals surface area contributed by atoms with Crippen LogP contribution in [0.3, 0.4) is 0 Å². The number of hydrogen-bond acceptors (Lipinski definition) is 3. The fourth-order valence-corrected chi connectivity index (χ4v) is 3.35. The van der Waals surface area contributed by atoms with Gasteiger partial charge in [0.2, 0.25) is 0 Å². The molecule has 1 rings (SSSR count). The highest BCUT2D eigenvalue weighted by molar-refractivity contribution is 6.81. The lowest BCUT2D eigenvalue weighted by molar-refractivity contribution is 0.233. The van der Waals surface area contributed by atoms with Crippen LogP contribution in [0.1, 0.15) is 37.6 Å². The molecule has 3 nitrogen and oxygen atoms in total. The fourth-order valence-electron chi connectivity index (χ4n) is 1.50. The lowest BCUT2D eigenvalue weighted by atomic mass is 10.2. The Hall–Kier alpha value is -0.583. The van der Waals surface area contributed by atoms with E-state index in [1.807, 2.05) is 0 Å². The van der Waals surface area contributed by atoms with Gasteiger partial charge < -0.3 is 14.6 Å². The molecular formula is C12H22O3Si. The van der Waals surface area contributed by atoms with Gasteiger partial charge in [-0.15, -0.1) is 0 Å². The van der Waals surface area contributed by atoms with E-state index in [-0.39, 0.29) is 11.6 Å². The topological polar surface area (TPSA) is 53.6 Å². The SMILES string of the molecule is CC(C)(C)[Si](C)(C)C(O)c1cocc1CO. The molecule has 1 atom stereocenters. The minimum atomic E-state index is -1.88. The predicted octanol–water partition coefficient (Wildman–Crippen LogP) is 2.85. The van der Waals surface area contributed by atoms with Crippen LogP contribution in [0.2, 0.25) is 18.1 Å². The van der Waals surface area contributed by atoms with Crippen LogP contribution in [-0.4, -0.2) is 18.3 Å². The van der Waals surface area contributed by atoms with Crippen LogP contribution in [0.15, 0.2) is 16.9 Å². The van der Waals surface area contributed by atoms with Gasteiger partial charge in [0.05, 0.1) is 32.9 Å². The van der Waals surface area contributed by atoms with Crippen molar-refractivity contribution in [3.8, 4) is 0 Å². The van der Waals surface area contributed by atoms with Gasteiger partial charge in [-0.3, -0.25) is 0 Å². The molecule has 4 heteroatoms. The van der Waals surface area contributed by atoms with Crippen molar-refractivity contribution in [1.29, 1.82) is 0 Å². The van der Waals surface area contributed by atoms with E-state index in [9.17, 15) is 5.11 Å². The Kier molecular flexibility index (Phi) is 3.67. The van der Waals surface area contributed by atoms with Crippen molar-refractivity contribution < 1.29 is 14.6 Å². The summed E-state index contributed by atoms with van der Waals surface area (Å²) in [5.74, 6) is 0. The largest absolute Gasteiger partial charge is 0.472 e. The van der Waals surface area contributed by atoms with Gasteiger partial charge in [0.15, 0.2) is 0 Å². The van der Waals surface area contributed by atoms with Crippen LogP contribution < -0.4 is 0 Å². The third kappa shape index (κ3) is 2.24. The van der Waals surface area contributed by atoms with Crippen LogP contribution >= 0.6 is 0 Å². The molecule has 2 N–H and O–H groups in total. The molecule has 0 saturated heterocycles. The Labute approximate surface area is 98.1 Å². The summed E-state index contributed by atoms with van der Waals surface area (Å²) in [7, 11) is -1.88. The van der Waals surface area contributed by atoms with Crippen molar-refractivity contribution in [2.45, 2.75) is 51.2 Å². The van der Waals surface area contributed by atoms with E-state index in [2.05, 4.69) is 33.9 Å². The Balaban J connectivity index is 3.07. The molecule has 0 aliphatic heterocycles. The van der Waals surface area contributed by atoms with E-state index in [1.54, 1.807) is 6.26 Å². The van der Waals surface area contributed by atoms with Crippen molar-refractivity contribution in [2.75, 3.05) is 0 Å². The second-order valence-electron chi connectivity index (χ2n) is 5.88. The van der Waals surface area contributed by atoms with Gasteiger partial charge in [0.25, 0.3) is 0 Å². The first kappa shape index (κ1) is 13.5. The van der Waals surface area contributed by atoms with Crippen LogP contribution in [0.25, 0.3) is 0 Å². The number of hydrogen-bond donors (Lipinski definition) is 2. The zero-order valence-corrected chi connectivity index (χ0v) is 11.7. The summed E-state index contributed by atoms with van der Waals surface area (Å²) >= 11 is 0. The third-order valence-corrected chi connectivity index (χ3v) is 9.40. The first-order valence-electron chi connectivity index (χ1n) is 5.55. The molecule has 0 aliphatic rings. The predicted molar refractivity (Wildman–Crippen MR) is 66.8 cm³/mol. The van der Waals surface area contributed by atoms with Gasteiger partial charge in [-0.25, -0.2) is 0 Å². The molecular weight excluding hydrogens is 220 g/mol. The quantitative estimate of drug-likeness (QED) is 0.801. The van der Waals surface area contributed by atoms with E-state index >= 15 is 0 Å². The van der Waals surface area contributed by atoms with E-state index in [4.69, 9.17) is 9.52 Å². The average molecular weight is 242 g/mol. The molecule has 1 heterocycles. The van der Waals surface area contributed by atoms with Crippen LogP contribution in [0.4, 0.5) is 0 Å². The molecule has 16 heavy (non-hydrogen) atoms. The average Bonchev–Trinajstić information content (AvgIpc) is 2.62. The Morgan fingerprint density at radius 3 is 2.31 bits per heavy atom. The molecule has 0 aromatic carbocycles. The second kappa shape index (κ2) is 4.35.